The lowest BCUT2D eigenvalue weighted by molar-refractivity contribution is -0.148. The van der Waals surface area contributed by atoms with E-state index in [0.717, 1.165) is 76.4 Å². The summed E-state index contributed by atoms with van der Waals surface area (Å²) in [6.07, 6.45) is 7.06. The lowest BCUT2D eigenvalue weighted by Crippen LogP contribution is -2.51. The van der Waals surface area contributed by atoms with Crippen molar-refractivity contribution in [2.75, 3.05) is 19.7 Å². The standard InChI is InChI=1S/C19H29N3O3/c1-13(2)17-20-16(21-25-17)11-14-5-10-24-19(12-14)6-8-22(9-7-19)18(23)15-3-4-15/h13-15H,3-12H2,1-2H3. The van der Waals surface area contributed by atoms with Crippen LogP contribution in [0.15, 0.2) is 4.52 Å². The zero-order valence-corrected chi connectivity index (χ0v) is 15.4. The van der Waals surface area contributed by atoms with Gasteiger partial charge in [-0.15, -0.1) is 0 Å². The van der Waals surface area contributed by atoms with Gasteiger partial charge in [-0.25, -0.2) is 0 Å². The van der Waals surface area contributed by atoms with Gasteiger partial charge in [0.25, 0.3) is 0 Å². The maximum absolute atomic E-state index is 12.3. The molecule has 1 saturated carbocycles. The molecule has 2 aliphatic heterocycles. The van der Waals surface area contributed by atoms with Gasteiger partial charge in [-0.1, -0.05) is 19.0 Å². The molecule has 3 heterocycles. The average Bonchev–Trinajstić information content (AvgIpc) is 3.34. The monoisotopic (exact) mass is 347 g/mol. The zero-order valence-electron chi connectivity index (χ0n) is 15.4. The molecule has 6 nitrogen and oxygen atoms in total. The molecule has 0 N–H and O–H groups in total. The first-order chi connectivity index (χ1) is 12.0. The number of nitrogens with zero attached hydrogens (tertiary/aromatic N) is 3. The normalized spacial score (nSPS) is 26.4. The Bertz CT molecular complexity index is 615. The third-order valence-corrected chi connectivity index (χ3v) is 5.96. The van der Waals surface area contributed by atoms with E-state index in [1.54, 1.807) is 0 Å². The molecule has 0 aromatic carbocycles. The Morgan fingerprint density at radius 3 is 2.68 bits per heavy atom. The van der Waals surface area contributed by atoms with Crippen LogP contribution in [-0.2, 0) is 16.0 Å². The van der Waals surface area contributed by atoms with Crippen LogP contribution in [0.3, 0.4) is 0 Å². The van der Waals surface area contributed by atoms with Crippen LogP contribution in [0.1, 0.15) is 70.0 Å². The van der Waals surface area contributed by atoms with Gasteiger partial charge in [-0.3, -0.25) is 4.79 Å². The number of amides is 1. The molecule has 1 spiro atoms. The van der Waals surface area contributed by atoms with Crippen molar-refractivity contribution in [3.05, 3.63) is 11.7 Å². The number of aromatic nitrogens is 2. The molecule has 6 heteroatoms. The van der Waals surface area contributed by atoms with Gasteiger partial charge < -0.3 is 14.2 Å². The topological polar surface area (TPSA) is 68.5 Å². The number of carbonyl (C=O) groups is 1. The van der Waals surface area contributed by atoms with Crippen LogP contribution < -0.4 is 0 Å². The number of hydrogen-bond acceptors (Lipinski definition) is 5. The van der Waals surface area contributed by atoms with E-state index in [4.69, 9.17) is 9.26 Å². The van der Waals surface area contributed by atoms with Gasteiger partial charge in [0.1, 0.15) is 0 Å². The molecule has 3 fully saturated rings. The predicted molar refractivity (Wildman–Crippen MR) is 92.0 cm³/mol. The molecule has 1 aromatic rings. The summed E-state index contributed by atoms with van der Waals surface area (Å²) in [5, 5.41) is 4.15. The smallest absolute Gasteiger partial charge is 0.229 e. The highest BCUT2D eigenvalue weighted by atomic mass is 16.5. The molecule has 1 unspecified atom stereocenters. The van der Waals surface area contributed by atoms with Gasteiger partial charge in [0.05, 0.1) is 5.60 Å². The largest absolute Gasteiger partial charge is 0.375 e. The fraction of sp³-hybridized carbons (Fsp3) is 0.842. The lowest BCUT2D eigenvalue weighted by Gasteiger charge is -2.46. The third kappa shape index (κ3) is 3.73. The van der Waals surface area contributed by atoms with Crippen molar-refractivity contribution in [2.45, 2.75) is 70.3 Å². The SMILES string of the molecule is CC(C)c1nc(CC2CCOC3(CCN(C(=O)C4CC4)CC3)C2)no1. The molecule has 4 rings (SSSR count). The first-order valence-electron chi connectivity index (χ1n) is 9.80. The quantitative estimate of drug-likeness (QED) is 0.838. The van der Waals surface area contributed by atoms with E-state index >= 15 is 0 Å². The van der Waals surface area contributed by atoms with Gasteiger partial charge >= 0.3 is 0 Å². The Hall–Kier alpha value is -1.43. The maximum atomic E-state index is 12.3. The second-order valence-electron chi connectivity index (χ2n) is 8.40. The maximum Gasteiger partial charge on any atom is 0.229 e. The van der Waals surface area contributed by atoms with Crippen LogP contribution >= 0.6 is 0 Å². The summed E-state index contributed by atoms with van der Waals surface area (Å²) in [6, 6.07) is 0. The van der Waals surface area contributed by atoms with E-state index < -0.39 is 0 Å². The second kappa shape index (κ2) is 6.71. The van der Waals surface area contributed by atoms with Crippen LogP contribution in [0.25, 0.3) is 0 Å². The van der Waals surface area contributed by atoms with Crippen molar-refractivity contribution in [1.29, 1.82) is 0 Å². The fourth-order valence-electron chi connectivity index (χ4n) is 4.22. The molecular weight excluding hydrogens is 318 g/mol. The van der Waals surface area contributed by atoms with Gasteiger partial charge in [-0.2, -0.15) is 4.98 Å². The molecule has 2 saturated heterocycles. The Morgan fingerprint density at radius 1 is 1.28 bits per heavy atom. The van der Waals surface area contributed by atoms with E-state index in [1.807, 2.05) is 0 Å². The molecule has 1 amide bonds. The minimum absolute atomic E-state index is 0.0478. The zero-order chi connectivity index (χ0) is 17.4. The molecule has 25 heavy (non-hydrogen) atoms. The first kappa shape index (κ1) is 17.0. The highest BCUT2D eigenvalue weighted by molar-refractivity contribution is 5.81. The molecule has 0 bridgehead atoms. The van der Waals surface area contributed by atoms with E-state index in [9.17, 15) is 4.79 Å². The Balaban J connectivity index is 1.33. The number of likely N-dealkylation sites (tertiary alicyclic amines) is 1. The Morgan fingerprint density at radius 2 is 2.04 bits per heavy atom. The number of ether oxygens (including phenoxy) is 1. The predicted octanol–water partition coefficient (Wildman–Crippen LogP) is 2.93. The summed E-state index contributed by atoms with van der Waals surface area (Å²) >= 11 is 0. The first-order valence-corrected chi connectivity index (χ1v) is 9.80. The second-order valence-corrected chi connectivity index (χ2v) is 8.40. The highest BCUT2D eigenvalue weighted by Crippen LogP contribution is 2.40. The molecular formula is C19H29N3O3. The summed E-state index contributed by atoms with van der Waals surface area (Å²) in [6.45, 7) is 6.63. The van der Waals surface area contributed by atoms with E-state index in [0.29, 0.717) is 17.7 Å². The Kier molecular flexibility index (Phi) is 4.56. The lowest BCUT2D eigenvalue weighted by atomic mass is 9.78. The van der Waals surface area contributed by atoms with Gasteiger partial charge in [0, 0.05) is 38.0 Å². The fourth-order valence-corrected chi connectivity index (χ4v) is 4.22. The van der Waals surface area contributed by atoms with Crippen LogP contribution in [0.5, 0.6) is 0 Å². The van der Waals surface area contributed by atoms with Gasteiger partial charge in [0.15, 0.2) is 5.82 Å². The van der Waals surface area contributed by atoms with Gasteiger partial charge in [0.2, 0.25) is 11.8 Å². The van der Waals surface area contributed by atoms with E-state index in [1.165, 1.54) is 0 Å². The van der Waals surface area contributed by atoms with Crippen molar-refractivity contribution in [1.82, 2.24) is 15.0 Å². The van der Waals surface area contributed by atoms with Crippen molar-refractivity contribution in [3.63, 3.8) is 0 Å². The minimum Gasteiger partial charge on any atom is -0.375 e. The van der Waals surface area contributed by atoms with Crippen LogP contribution in [0.2, 0.25) is 0 Å². The van der Waals surface area contributed by atoms with Crippen molar-refractivity contribution in [3.8, 4) is 0 Å². The van der Waals surface area contributed by atoms with Crippen LogP contribution in [-0.4, -0.2) is 46.2 Å². The molecule has 1 atom stereocenters. The summed E-state index contributed by atoms with van der Waals surface area (Å²) in [5.41, 5.74) is -0.0478. The number of hydrogen-bond donors (Lipinski definition) is 0. The molecule has 3 aliphatic rings. The summed E-state index contributed by atoms with van der Waals surface area (Å²) in [5.74, 6) is 3.06. The van der Waals surface area contributed by atoms with Crippen molar-refractivity contribution >= 4 is 5.91 Å². The minimum atomic E-state index is -0.0478. The number of piperidine rings is 1. The van der Waals surface area contributed by atoms with Gasteiger partial charge in [-0.05, 0) is 44.4 Å². The summed E-state index contributed by atoms with van der Waals surface area (Å²) in [7, 11) is 0. The molecule has 0 radical (unpaired) electrons. The summed E-state index contributed by atoms with van der Waals surface area (Å²) in [4.78, 5) is 18.8. The third-order valence-electron chi connectivity index (χ3n) is 5.96. The highest BCUT2D eigenvalue weighted by Gasteiger charge is 2.43. The average molecular weight is 347 g/mol. The van der Waals surface area contributed by atoms with Crippen molar-refractivity contribution < 1.29 is 14.1 Å². The molecule has 138 valence electrons. The Labute approximate surface area is 149 Å². The van der Waals surface area contributed by atoms with E-state index in [2.05, 4.69) is 28.9 Å². The molecule has 1 aliphatic carbocycles. The van der Waals surface area contributed by atoms with Crippen LogP contribution in [0, 0.1) is 11.8 Å². The van der Waals surface area contributed by atoms with Crippen LogP contribution in [0.4, 0.5) is 0 Å². The molecule has 1 aromatic heterocycles. The summed E-state index contributed by atoms with van der Waals surface area (Å²) < 4.78 is 11.6. The number of carbonyl (C=O) groups excluding carboxylic acids is 1. The number of rotatable bonds is 4. The van der Waals surface area contributed by atoms with Crippen molar-refractivity contribution in [2.24, 2.45) is 11.8 Å². The van der Waals surface area contributed by atoms with E-state index in [-0.39, 0.29) is 11.5 Å².